The Balaban J connectivity index is 3.01. The summed E-state index contributed by atoms with van der Waals surface area (Å²) in [4.78, 5) is 21.2. The topological polar surface area (TPSA) is 66.4 Å². The molecule has 0 radical (unpaired) electrons. The van der Waals surface area contributed by atoms with Crippen molar-refractivity contribution in [2.24, 2.45) is 5.41 Å². The molecule has 1 amide bonds. The molecule has 0 aromatic heterocycles. The van der Waals surface area contributed by atoms with E-state index in [-0.39, 0.29) is 0 Å². The minimum atomic E-state index is -1.08. The third-order valence-electron chi connectivity index (χ3n) is 2.49. The summed E-state index contributed by atoms with van der Waals surface area (Å²) in [6.07, 6.45) is 0.612. The summed E-state index contributed by atoms with van der Waals surface area (Å²) >= 11 is 0. The van der Waals surface area contributed by atoms with Gasteiger partial charge < -0.3 is 10.4 Å². The number of anilines is 1. The maximum absolute atomic E-state index is 10.9. The molecule has 4 nitrogen and oxygen atoms in total. The number of benzene rings is 1. The molecule has 0 aliphatic heterocycles. The fourth-order valence-electron chi connectivity index (χ4n) is 1.25. The minimum Gasteiger partial charge on any atom is -0.480 e. The zero-order chi connectivity index (χ0) is 13.8. The number of hydrogen-bond acceptors (Lipinski definition) is 2. The molecule has 0 aliphatic carbocycles. The molecule has 0 bridgehead atoms. The van der Waals surface area contributed by atoms with E-state index in [1.165, 1.54) is 0 Å². The number of rotatable bonds is 3. The molecule has 4 heteroatoms. The molecule has 18 heavy (non-hydrogen) atoms. The molecule has 1 rings (SSSR count). The first kappa shape index (κ1) is 13.8. The first-order chi connectivity index (χ1) is 8.36. The number of aliphatic carboxylic acids is 1. The van der Waals surface area contributed by atoms with E-state index in [0.29, 0.717) is 12.1 Å². The van der Waals surface area contributed by atoms with Crippen LogP contribution >= 0.6 is 0 Å². The van der Waals surface area contributed by atoms with E-state index in [9.17, 15) is 9.59 Å². The number of nitrogens with one attached hydrogen (secondary N) is 1. The second-order valence-corrected chi connectivity index (χ2v) is 4.47. The molecule has 0 heterocycles. The first-order valence-corrected chi connectivity index (χ1v) is 5.44. The third kappa shape index (κ3) is 3.36. The average Bonchev–Trinajstić information content (AvgIpc) is 2.30. The van der Waals surface area contributed by atoms with Crippen LogP contribution < -0.4 is 5.32 Å². The molecule has 94 valence electrons. The van der Waals surface area contributed by atoms with Crippen molar-refractivity contribution >= 4 is 18.1 Å². The number of carbonyl (C=O) groups is 2. The highest BCUT2D eigenvalue weighted by molar-refractivity contribution is 5.78. The number of amides is 1. The Morgan fingerprint density at radius 2 is 2.11 bits per heavy atom. The molecular formula is C14H15NO3. The van der Waals surface area contributed by atoms with Crippen molar-refractivity contribution < 1.29 is 14.7 Å². The zero-order valence-corrected chi connectivity index (χ0v) is 10.6. The molecule has 0 spiro atoms. The maximum Gasteiger partial charge on any atom is 0.321 e. The summed E-state index contributed by atoms with van der Waals surface area (Å²) in [5.74, 6) is 4.59. The van der Waals surface area contributed by atoms with Crippen LogP contribution in [0.4, 0.5) is 5.69 Å². The summed E-state index contributed by atoms with van der Waals surface area (Å²) in [5, 5.41) is 11.5. The summed E-state index contributed by atoms with van der Waals surface area (Å²) in [6.45, 7) is 4.95. The van der Waals surface area contributed by atoms with Crippen LogP contribution in [-0.4, -0.2) is 17.5 Å². The van der Waals surface area contributed by atoms with Gasteiger partial charge in [0.2, 0.25) is 6.41 Å². The summed E-state index contributed by atoms with van der Waals surface area (Å²) in [7, 11) is 0. The number of aryl methyl sites for hydroxylation is 1. The van der Waals surface area contributed by atoms with E-state index in [0.717, 1.165) is 11.1 Å². The van der Waals surface area contributed by atoms with Gasteiger partial charge in [-0.05, 0) is 44.5 Å². The van der Waals surface area contributed by atoms with Gasteiger partial charge in [0, 0.05) is 11.3 Å². The number of carboxylic acid groups (broad SMARTS) is 1. The third-order valence-corrected chi connectivity index (χ3v) is 2.49. The van der Waals surface area contributed by atoms with Crippen molar-refractivity contribution in [3.63, 3.8) is 0 Å². The lowest BCUT2D eigenvalue weighted by Gasteiger charge is -2.09. The van der Waals surface area contributed by atoms with E-state index in [1.54, 1.807) is 32.0 Å². The second-order valence-electron chi connectivity index (χ2n) is 4.47. The molecule has 0 atom stereocenters. The standard InChI is InChI=1S/C14H15NO3/c1-10-8-11(4-5-12(10)15-9-16)6-7-14(2,3)13(17)18/h4-5,8-9H,1-3H3,(H,15,16)(H,17,18). The fraction of sp³-hybridized carbons (Fsp3) is 0.286. The number of hydrogen-bond donors (Lipinski definition) is 2. The Morgan fingerprint density at radius 3 is 2.61 bits per heavy atom. The normalized spacial score (nSPS) is 10.2. The van der Waals surface area contributed by atoms with Crippen molar-refractivity contribution in [1.29, 1.82) is 0 Å². The highest BCUT2D eigenvalue weighted by Gasteiger charge is 2.23. The molecule has 1 aromatic carbocycles. The van der Waals surface area contributed by atoms with Gasteiger partial charge in [-0.1, -0.05) is 11.8 Å². The van der Waals surface area contributed by atoms with Crippen LogP contribution in [0, 0.1) is 24.2 Å². The van der Waals surface area contributed by atoms with Gasteiger partial charge in [0.1, 0.15) is 5.41 Å². The monoisotopic (exact) mass is 245 g/mol. The Labute approximate surface area is 106 Å². The second kappa shape index (κ2) is 5.37. The van der Waals surface area contributed by atoms with Gasteiger partial charge in [0.05, 0.1) is 0 Å². The Morgan fingerprint density at radius 1 is 1.44 bits per heavy atom. The molecule has 1 aromatic rings. The van der Waals surface area contributed by atoms with Crippen molar-refractivity contribution in [2.45, 2.75) is 20.8 Å². The minimum absolute atomic E-state index is 0.612. The van der Waals surface area contributed by atoms with E-state index in [4.69, 9.17) is 5.11 Å². The predicted molar refractivity (Wildman–Crippen MR) is 69.2 cm³/mol. The zero-order valence-electron chi connectivity index (χ0n) is 10.6. The predicted octanol–water partition coefficient (Wildman–Crippen LogP) is 2.03. The first-order valence-electron chi connectivity index (χ1n) is 5.44. The summed E-state index contributed by atoms with van der Waals surface area (Å²) in [6, 6.07) is 5.28. The number of carbonyl (C=O) groups excluding carboxylic acids is 1. The summed E-state index contributed by atoms with van der Waals surface area (Å²) < 4.78 is 0. The van der Waals surface area contributed by atoms with Crippen molar-refractivity contribution in [3.8, 4) is 11.8 Å². The van der Waals surface area contributed by atoms with Crippen molar-refractivity contribution in [1.82, 2.24) is 0 Å². The number of carboxylic acids is 1. The van der Waals surface area contributed by atoms with E-state index in [1.807, 2.05) is 6.92 Å². The van der Waals surface area contributed by atoms with Crippen molar-refractivity contribution in [3.05, 3.63) is 29.3 Å². The molecule has 0 saturated heterocycles. The highest BCUT2D eigenvalue weighted by Crippen LogP contribution is 2.17. The van der Waals surface area contributed by atoms with E-state index in [2.05, 4.69) is 17.2 Å². The Hall–Kier alpha value is -2.28. The fourth-order valence-corrected chi connectivity index (χ4v) is 1.25. The van der Waals surface area contributed by atoms with Gasteiger partial charge in [-0.2, -0.15) is 0 Å². The van der Waals surface area contributed by atoms with Crippen LogP contribution in [-0.2, 0) is 9.59 Å². The molecule has 0 aliphatic rings. The average molecular weight is 245 g/mol. The lowest BCUT2D eigenvalue weighted by Crippen LogP contribution is -2.21. The Kier molecular flexibility index (Phi) is 4.11. The van der Waals surface area contributed by atoms with Crippen LogP contribution in [0.2, 0.25) is 0 Å². The lowest BCUT2D eigenvalue weighted by atomic mass is 9.94. The van der Waals surface area contributed by atoms with Gasteiger partial charge in [0.15, 0.2) is 0 Å². The van der Waals surface area contributed by atoms with Crippen LogP contribution in [0.3, 0.4) is 0 Å². The van der Waals surface area contributed by atoms with E-state index >= 15 is 0 Å². The maximum atomic E-state index is 10.9. The molecular weight excluding hydrogens is 230 g/mol. The van der Waals surface area contributed by atoms with Gasteiger partial charge in [0.25, 0.3) is 0 Å². The largest absolute Gasteiger partial charge is 0.480 e. The molecule has 0 unspecified atom stereocenters. The van der Waals surface area contributed by atoms with Gasteiger partial charge in [-0.15, -0.1) is 0 Å². The van der Waals surface area contributed by atoms with Crippen LogP contribution in [0.15, 0.2) is 18.2 Å². The van der Waals surface area contributed by atoms with Crippen LogP contribution in [0.5, 0.6) is 0 Å². The highest BCUT2D eigenvalue weighted by atomic mass is 16.4. The van der Waals surface area contributed by atoms with Gasteiger partial charge in [-0.25, -0.2) is 0 Å². The molecule has 0 fully saturated rings. The Bertz CT molecular complexity index is 536. The van der Waals surface area contributed by atoms with E-state index < -0.39 is 11.4 Å². The summed E-state index contributed by atoms with van der Waals surface area (Å²) in [5.41, 5.74) is 1.24. The van der Waals surface area contributed by atoms with Crippen LogP contribution in [0.1, 0.15) is 25.0 Å². The van der Waals surface area contributed by atoms with Gasteiger partial charge in [-0.3, -0.25) is 9.59 Å². The van der Waals surface area contributed by atoms with Crippen LogP contribution in [0.25, 0.3) is 0 Å². The molecule has 0 saturated carbocycles. The quantitative estimate of drug-likeness (QED) is 0.632. The van der Waals surface area contributed by atoms with Crippen molar-refractivity contribution in [2.75, 3.05) is 5.32 Å². The van der Waals surface area contributed by atoms with Gasteiger partial charge >= 0.3 is 5.97 Å². The smallest absolute Gasteiger partial charge is 0.321 e. The SMILES string of the molecule is Cc1cc(C#CC(C)(C)C(=O)O)ccc1NC=O. The lowest BCUT2D eigenvalue weighted by molar-refractivity contribution is -0.143. The molecule has 2 N–H and O–H groups in total.